The Balaban J connectivity index is 2.90. The van der Waals surface area contributed by atoms with E-state index in [-0.39, 0.29) is 5.71 Å². The smallest absolute Gasteiger partial charge is 0.338 e. The molecule has 0 unspecified atom stereocenters. The van der Waals surface area contributed by atoms with E-state index >= 15 is 0 Å². The van der Waals surface area contributed by atoms with Crippen LogP contribution in [0.3, 0.4) is 0 Å². The van der Waals surface area contributed by atoms with E-state index in [0.29, 0.717) is 36.8 Å². The lowest BCUT2D eigenvalue weighted by Gasteiger charge is -2.17. The van der Waals surface area contributed by atoms with E-state index in [1.165, 1.54) is 6.07 Å². The Morgan fingerprint density at radius 3 is 2.48 bits per heavy atom. The molecule has 0 fully saturated rings. The van der Waals surface area contributed by atoms with Crippen LogP contribution in [0.4, 0.5) is 5.69 Å². The number of likely N-dealkylation sites (N-methyl/N-ethyl adjacent to an activating group) is 1. The lowest BCUT2D eigenvalue weighted by Crippen LogP contribution is -2.27. The van der Waals surface area contributed by atoms with Crippen molar-refractivity contribution in [2.24, 2.45) is 5.10 Å². The highest BCUT2D eigenvalue weighted by Gasteiger charge is 2.13. The number of nitrogens with one attached hydrogen (secondary N) is 1. The predicted molar refractivity (Wildman–Crippen MR) is 103 cm³/mol. The normalized spacial score (nSPS) is 9.85. The van der Waals surface area contributed by atoms with E-state index in [4.69, 9.17) is 20.0 Å². The van der Waals surface area contributed by atoms with Gasteiger partial charge in [0, 0.05) is 6.54 Å². The molecule has 1 aromatic carbocycles. The van der Waals surface area contributed by atoms with Crippen molar-refractivity contribution >= 4 is 17.4 Å². The average molecular weight is 371 g/mol. The number of benzene rings is 1. The van der Waals surface area contributed by atoms with Crippen molar-refractivity contribution in [3.8, 4) is 17.9 Å². The first kappa shape index (κ1) is 21.9. The van der Waals surface area contributed by atoms with Crippen molar-refractivity contribution in [2.45, 2.75) is 27.2 Å². The SMILES string of the molecule is CCCOc1ccc(C(=O)OCCN(CC)CC)cc1NN=C(C#N)C#N. The molecule has 8 heteroatoms. The molecule has 0 aromatic heterocycles. The van der Waals surface area contributed by atoms with Crippen LogP contribution in [0.2, 0.25) is 0 Å². The summed E-state index contributed by atoms with van der Waals surface area (Å²) >= 11 is 0. The van der Waals surface area contributed by atoms with Gasteiger partial charge in [-0.25, -0.2) is 4.79 Å². The van der Waals surface area contributed by atoms with E-state index in [9.17, 15) is 4.79 Å². The van der Waals surface area contributed by atoms with Gasteiger partial charge in [-0.05, 0) is 37.7 Å². The number of rotatable bonds is 11. The summed E-state index contributed by atoms with van der Waals surface area (Å²) in [6.07, 6.45) is 0.805. The molecular weight excluding hydrogens is 346 g/mol. The number of anilines is 1. The maximum absolute atomic E-state index is 12.3. The summed E-state index contributed by atoms with van der Waals surface area (Å²) in [5.41, 5.74) is 2.99. The van der Waals surface area contributed by atoms with E-state index in [2.05, 4.69) is 29.3 Å². The summed E-state index contributed by atoms with van der Waals surface area (Å²) in [5.74, 6) is 0.00698. The Morgan fingerprint density at radius 1 is 1.19 bits per heavy atom. The van der Waals surface area contributed by atoms with Crippen LogP contribution >= 0.6 is 0 Å². The van der Waals surface area contributed by atoms with Crippen LogP contribution in [0.1, 0.15) is 37.6 Å². The Morgan fingerprint density at radius 2 is 1.89 bits per heavy atom. The number of nitrogens with zero attached hydrogens (tertiary/aromatic N) is 4. The summed E-state index contributed by atoms with van der Waals surface area (Å²) in [6.45, 7) is 9.30. The van der Waals surface area contributed by atoms with Crippen molar-refractivity contribution in [1.29, 1.82) is 10.5 Å². The zero-order valence-electron chi connectivity index (χ0n) is 16.0. The van der Waals surface area contributed by atoms with Gasteiger partial charge in [0.05, 0.1) is 17.9 Å². The molecule has 0 spiro atoms. The van der Waals surface area contributed by atoms with Crippen LogP contribution in [0.15, 0.2) is 23.3 Å². The molecule has 0 saturated heterocycles. The highest BCUT2D eigenvalue weighted by molar-refractivity contribution is 6.10. The van der Waals surface area contributed by atoms with Gasteiger partial charge in [0.15, 0.2) is 0 Å². The van der Waals surface area contributed by atoms with Gasteiger partial charge in [-0.3, -0.25) is 5.43 Å². The van der Waals surface area contributed by atoms with Crippen LogP contribution in [0.25, 0.3) is 0 Å². The molecule has 0 amide bonds. The number of carbonyl (C=O) groups is 1. The van der Waals surface area contributed by atoms with Crippen molar-refractivity contribution in [1.82, 2.24) is 4.90 Å². The van der Waals surface area contributed by atoms with Crippen molar-refractivity contribution < 1.29 is 14.3 Å². The largest absolute Gasteiger partial charge is 0.491 e. The fraction of sp³-hybridized carbons (Fsp3) is 0.474. The molecule has 0 radical (unpaired) electrons. The zero-order valence-corrected chi connectivity index (χ0v) is 16.0. The third kappa shape index (κ3) is 7.35. The molecule has 0 atom stereocenters. The number of esters is 1. The standard InChI is InChI=1S/C19H25N5O3/c1-4-10-26-18-8-7-15(12-17(18)23-22-16(13-20)14-21)19(25)27-11-9-24(5-2)6-3/h7-8,12,23H,4-6,9-11H2,1-3H3. The van der Waals surface area contributed by atoms with Crippen LogP contribution < -0.4 is 10.2 Å². The van der Waals surface area contributed by atoms with Gasteiger partial charge in [-0.2, -0.15) is 15.6 Å². The van der Waals surface area contributed by atoms with E-state index in [1.54, 1.807) is 24.3 Å². The number of hydrogen-bond acceptors (Lipinski definition) is 8. The fourth-order valence-corrected chi connectivity index (χ4v) is 2.16. The minimum absolute atomic E-state index is 0.294. The third-order valence-electron chi connectivity index (χ3n) is 3.71. The van der Waals surface area contributed by atoms with Gasteiger partial charge in [-0.1, -0.05) is 20.8 Å². The summed E-state index contributed by atoms with van der Waals surface area (Å²) < 4.78 is 10.9. The number of hydrazone groups is 1. The van der Waals surface area contributed by atoms with Crippen LogP contribution in [-0.4, -0.2) is 49.4 Å². The highest BCUT2D eigenvalue weighted by atomic mass is 16.5. The second-order valence-corrected chi connectivity index (χ2v) is 5.52. The summed E-state index contributed by atoms with van der Waals surface area (Å²) in [4.78, 5) is 14.4. The lowest BCUT2D eigenvalue weighted by atomic mass is 10.2. The van der Waals surface area contributed by atoms with Gasteiger partial charge in [-0.15, -0.1) is 0 Å². The molecular formula is C19H25N5O3. The average Bonchev–Trinajstić information content (AvgIpc) is 2.70. The second kappa shape index (κ2) is 12.3. The van der Waals surface area contributed by atoms with E-state index in [1.807, 2.05) is 6.92 Å². The molecule has 1 rings (SSSR count). The summed E-state index contributed by atoms with van der Waals surface area (Å²) in [7, 11) is 0. The Hall–Kier alpha value is -3.10. The molecule has 0 bridgehead atoms. The maximum atomic E-state index is 12.3. The minimum Gasteiger partial charge on any atom is -0.491 e. The minimum atomic E-state index is -0.461. The van der Waals surface area contributed by atoms with E-state index < -0.39 is 5.97 Å². The molecule has 0 aliphatic heterocycles. The summed E-state index contributed by atoms with van der Waals surface area (Å²) in [6, 6.07) is 8.09. The summed E-state index contributed by atoms with van der Waals surface area (Å²) in [5, 5.41) is 21.3. The molecule has 1 aromatic rings. The number of carbonyl (C=O) groups excluding carboxylic acids is 1. The Labute approximate surface area is 160 Å². The Kier molecular flexibility index (Phi) is 9.98. The monoisotopic (exact) mass is 371 g/mol. The molecule has 0 heterocycles. The molecule has 0 saturated carbocycles. The molecule has 1 N–H and O–H groups in total. The maximum Gasteiger partial charge on any atom is 0.338 e. The van der Waals surface area contributed by atoms with Gasteiger partial charge in [0.2, 0.25) is 5.71 Å². The first-order valence-electron chi connectivity index (χ1n) is 8.89. The lowest BCUT2D eigenvalue weighted by molar-refractivity contribution is 0.0466. The highest BCUT2D eigenvalue weighted by Crippen LogP contribution is 2.26. The number of ether oxygens (including phenoxy) is 2. The van der Waals surface area contributed by atoms with E-state index in [0.717, 1.165) is 19.5 Å². The van der Waals surface area contributed by atoms with Gasteiger partial charge >= 0.3 is 5.97 Å². The third-order valence-corrected chi connectivity index (χ3v) is 3.71. The molecule has 144 valence electrons. The predicted octanol–water partition coefficient (Wildman–Crippen LogP) is 2.79. The topological polar surface area (TPSA) is 111 Å². The molecule has 0 aliphatic rings. The van der Waals surface area contributed by atoms with Crippen LogP contribution in [0, 0.1) is 22.7 Å². The van der Waals surface area contributed by atoms with Crippen molar-refractivity contribution in [2.75, 3.05) is 38.3 Å². The molecule has 27 heavy (non-hydrogen) atoms. The second-order valence-electron chi connectivity index (χ2n) is 5.52. The molecule has 8 nitrogen and oxygen atoms in total. The first-order valence-corrected chi connectivity index (χ1v) is 8.89. The van der Waals surface area contributed by atoms with Crippen molar-refractivity contribution in [3.05, 3.63) is 23.8 Å². The molecule has 0 aliphatic carbocycles. The number of hydrogen-bond donors (Lipinski definition) is 1. The fourth-order valence-electron chi connectivity index (χ4n) is 2.16. The first-order chi connectivity index (χ1) is 13.1. The van der Waals surface area contributed by atoms with Gasteiger partial charge in [0.25, 0.3) is 0 Å². The van der Waals surface area contributed by atoms with Crippen LogP contribution in [0.5, 0.6) is 5.75 Å². The van der Waals surface area contributed by atoms with Gasteiger partial charge in [0.1, 0.15) is 24.5 Å². The van der Waals surface area contributed by atoms with Crippen LogP contribution in [-0.2, 0) is 4.74 Å². The quantitative estimate of drug-likeness (QED) is 0.362. The Bertz CT molecular complexity index is 714. The van der Waals surface area contributed by atoms with Gasteiger partial charge < -0.3 is 14.4 Å². The number of nitriles is 2. The van der Waals surface area contributed by atoms with Crippen molar-refractivity contribution in [3.63, 3.8) is 0 Å². The zero-order chi connectivity index (χ0) is 20.1.